The molecule has 1 atom stereocenters. The molecule has 0 aliphatic carbocycles. The Bertz CT molecular complexity index is 1040. The summed E-state index contributed by atoms with van der Waals surface area (Å²) in [4.78, 5) is 29.4. The lowest BCUT2D eigenvalue weighted by Gasteiger charge is -2.28. The van der Waals surface area contributed by atoms with Crippen LogP contribution in [0.1, 0.15) is 17.2 Å². The molecule has 0 radical (unpaired) electrons. The fourth-order valence-corrected chi connectivity index (χ4v) is 3.34. The number of carbonyl (C=O) groups is 2. The second-order valence-electron chi connectivity index (χ2n) is 6.97. The Morgan fingerprint density at radius 2 is 1.53 bits per heavy atom. The monoisotopic (exact) mass is 398 g/mol. The molecule has 6 nitrogen and oxygen atoms in total. The summed E-state index contributed by atoms with van der Waals surface area (Å²) >= 11 is 0. The number of para-hydroxylation sites is 1. The van der Waals surface area contributed by atoms with Crippen molar-refractivity contribution in [2.24, 2.45) is 4.99 Å². The molecule has 3 aromatic rings. The second-order valence-corrected chi connectivity index (χ2v) is 6.97. The molecule has 0 fully saturated rings. The van der Waals surface area contributed by atoms with Gasteiger partial charge in [-0.05, 0) is 29.7 Å². The second kappa shape index (κ2) is 9.05. The number of amides is 2. The predicted octanol–water partition coefficient (Wildman–Crippen LogP) is 3.04. The smallest absolute Gasteiger partial charge is 0.288 e. The molecule has 30 heavy (non-hydrogen) atoms. The number of nitrogens with zero attached hydrogens (tertiary/aromatic N) is 2. The predicted molar refractivity (Wildman–Crippen MR) is 117 cm³/mol. The van der Waals surface area contributed by atoms with Crippen molar-refractivity contribution in [3.8, 4) is 0 Å². The summed E-state index contributed by atoms with van der Waals surface area (Å²) < 4.78 is 0. The van der Waals surface area contributed by atoms with Gasteiger partial charge < -0.3 is 5.32 Å². The van der Waals surface area contributed by atoms with Gasteiger partial charge in [-0.1, -0.05) is 78.9 Å². The van der Waals surface area contributed by atoms with Crippen molar-refractivity contribution in [1.82, 2.24) is 10.7 Å². The van der Waals surface area contributed by atoms with E-state index >= 15 is 0 Å². The van der Waals surface area contributed by atoms with Gasteiger partial charge in [0.15, 0.2) is 0 Å². The number of anilines is 1. The molecule has 150 valence electrons. The van der Waals surface area contributed by atoms with E-state index in [-0.39, 0.29) is 30.2 Å². The number of amidine groups is 1. The molecule has 6 heteroatoms. The van der Waals surface area contributed by atoms with Gasteiger partial charge in [0, 0.05) is 0 Å². The van der Waals surface area contributed by atoms with Crippen LogP contribution < -0.4 is 15.8 Å². The van der Waals surface area contributed by atoms with Crippen molar-refractivity contribution < 1.29 is 9.59 Å². The molecule has 0 aromatic heterocycles. The SMILES string of the molecule is O=C(N[C@H](Cc1ccccc1)c1ccccc1)C1=NCC(=O)N(c2ccccc2)N1. The van der Waals surface area contributed by atoms with Crippen molar-refractivity contribution in [1.29, 1.82) is 0 Å². The van der Waals surface area contributed by atoms with Gasteiger partial charge in [-0.15, -0.1) is 0 Å². The molecular formula is C24H22N4O2. The van der Waals surface area contributed by atoms with Crippen LogP contribution in [0.2, 0.25) is 0 Å². The van der Waals surface area contributed by atoms with Crippen molar-refractivity contribution in [3.05, 3.63) is 102 Å². The average molecular weight is 398 g/mol. The number of hydrogen-bond donors (Lipinski definition) is 2. The third kappa shape index (κ3) is 4.55. The Hall–Kier alpha value is -3.93. The first kappa shape index (κ1) is 19.4. The standard InChI is InChI=1S/C24H22N4O2/c29-22-17-25-23(27-28(22)20-14-8-3-9-15-20)24(30)26-21(19-12-6-2-7-13-19)16-18-10-4-1-5-11-18/h1-15,21H,16-17H2,(H,25,27)(H,26,30)/t21-/m1/s1. The topological polar surface area (TPSA) is 73.8 Å². The maximum atomic E-state index is 13.0. The van der Waals surface area contributed by atoms with Crippen LogP contribution in [0, 0.1) is 0 Å². The highest BCUT2D eigenvalue weighted by atomic mass is 16.2. The summed E-state index contributed by atoms with van der Waals surface area (Å²) in [7, 11) is 0. The highest BCUT2D eigenvalue weighted by Crippen LogP contribution is 2.19. The molecule has 3 aromatic carbocycles. The minimum Gasteiger partial charge on any atom is -0.342 e. The molecule has 4 rings (SSSR count). The van der Waals surface area contributed by atoms with Gasteiger partial charge in [-0.2, -0.15) is 0 Å². The summed E-state index contributed by atoms with van der Waals surface area (Å²) in [6.45, 7) is -0.0840. The molecule has 0 saturated heterocycles. The van der Waals surface area contributed by atoms with Crippen LogP contribution in [0.4, 0.5) is 5.69 Å². The number of carbonyl (C=O) groups excluding carboxylic acids is 2. The van der Waals surface area contributed by atoms with E-state index in [4.69, 9.17) is 0 Å². The zero-order valence-electron chi connectivity index (χ0n) is 16.4. The minimum atomic E-state index is -0.354. The first-order valence-corrected chi connectivity index (χ1v) is 9.79. The third-order valence-electron chi connectivity index (χ3n) is 4.86. The van der Waals surface area contributed by atoms with Gasteiger partial charge >= 0.3 is 0 Å². The third-order valence-corrected chi connectivity index (χ3v) is 4.86. The van der Waals surface area contributed by atoms with Gasteiger partial charge in [0.1, 0.15) is 6.54 Å². The van der Waals surface area contributed by atoms with Crippen LogP contribution in [0.3, 0.4) is 0 Å². The summed E-state index contributed by atoms with van der Waals surface area (Å²) in [6.07, 6.45) is 0.644. The first-order chi connectivity index (χ1) is 14.7. The molecular weight excluding hydrogens is 376 g/mol. The van der Waals surface area contributed by atoms with E-state index in [1.165, 1.54) is 5.01 Å². The van der Waals surface area contributed by atoms with E-state index in [0.29, 0.717) is 12.1 Å². The lowest BCUT2D eigenvalue weighted by Crippen LogP contribution is -2.56. The summed E-state index contributed by atoms with van der Waals surface area (Å²) in [6, 6.07) is 28.7. The number of hydrogen-bond acceptors (Lipinski definition) is 4. The first-order valence-electron chi connectivity index (χ1n) is 9.79. The van der Waals surface area contributed by atoms with Crippen molar-refractivity contribution in [2.75, 3.05) is 11.6 Å². The Labute approximate surface area is 175 Å². The fraction of sp³-hybridized carbons (Fsp3) is 0.125. The van der Waals surface area contributed by atoms with Crippen molar-refractivity contribution >= 4 is 23.3 Å². The van der Waals surface area contributed by atoms with Crippen molar-refractivity contribution in [2.45, 2.75) is 12.5 Å². The van der Waals surface area contributed by atoms with E-state index in [0.717, 1.165) is 11.1 Å². The molecule has 1 aliphatic heterocycles. The lowest BCUT2D eigenvalue weighted by atomic mass is 9.99. The van der Waals surface area contributed by atoms with Crippen LogP contribution in [0.15, 0.2) is 96.0 Å². The van der Waals surface area contributed by atoms with Gasteiger partial charge in [-0.3, -0.25) is 20.0 Å². The molecule has 0 bridgehead atoms. The van der Waals surface area contributed by atoms with Gasteiger partial charge in [-0.25, -0.2) is 5.01 Å². The van der Waals surface area contributed by atoms with E-state index in [1.54, 1.807) is 12.1 Å². The number of hydrazine groups is 1. The van der Waals surface area contributed by atoms with Crippen LogP contribution in [0.25, 0.3) is 0 Å². The highest BCUT2D eigenvalue weighted by molar-refractivity contribution is 6.39. The number of benzene rings is 3. The largest absolute Gasteiger partial charge is 0.342 e. The molecule has 2 N–H and O–H groups in total. The van der Waals surface area contributed by atoms with Gasteiger partial charge in [0.05, 0.1) is 11.7 Å². The lowest BCUT2D eigenvalue weighted by molar-refractivity contribution is -0.118. The van der Waals surface area contributed by atoms with E-state index in [2.05, 4.69) is 15.7 Å². The molecule has 1 aliphatic rings. The zero-order valence-corrected chi connectivity index (χ0v) is 16.4. The maximum absolute atomic E-state index is 13.0. The molecule has 0 saturated carbocycles. The normalized spacial score (nSPS) is 14.5. The summed E-state index contributed by atoms with van der Waals surface area (Å²) in [5, 5.41) is 4.43. The Morgan fingerprint density at radius 3 is 2.20 bits per heavy atom. The van der Waals surface area contributed by atoms with Gasteiger partial charge in [0.25, 0.3) is 11.8 Å². The van der Waals surface area contributed by atoms with Crippen molar-refractivity contribution in [3.63, 3.8) is 0 Å². The van der Waals surface area contributed by atoms with Crippen LogP contribution in [-0.2, 0) is 16.0 Å². The molecule has 0 spiro atoms. The Balaban J connectivity index is 1.53. The summed E-state index contributed by atoms with van der Waals surface area (Å²) in [5.74, 6) is -0.456. The van der Waals surface area contributed by atoms with Crippen LogP contribution in [-0.4, -0.2) is 24.2 Å². The Morgan fingerprint density at radius 1 is 0.933 bits per heavy atom. The molecule has 2 amide bonds. The van der Waals surface area contributed by atoms with Crippen LogP contribution >= 0.6 is 0 Å². The maximum Gasteiger partial charge on any atom is 0.288 e. The number of nitrogens with one attached hydrogen (secondary N) is 2. The van der Waals surface area contributed by atoms with E-state index < -0.39 is 0 Å². The quantitative estimate of drug-likeness (QED) is 0.670. The number of rotatable bonds is 6. The molecule has 1 heterocycles. The Kier molecular flexibility index (Phi) is 5.85. The van der Waals surface area contributed by atoms with E-state index in [9.17, 15) is 9.59 Å². The fourth-order valence-electron chi connectivity index (χ4n) is 3.34. The van der Waals surface area contributed by atoms with Crippen LogP contribution in [0.5, 0.6) is 0 Å². The summed E-state index contributed by atoms with van der Waals surface area (Å²) in [5.41, 5.74) is 5.64. The number of aliphatic imine (C=N–C) groups is 1. The zero-order chi connectivity index (χ0) is 20.8. The molecule has 0 unspecified atom stereocenters. The minimum absolute atomic E-state index is 0.0840. The average Bonchev–Trinajstić information content (AvgIpc) is 2.81. The van der Waals surface area contributed by atoms with Gasteiger partial charge in [0.2, 0.25) is 5.84 Å². The van der Waals surface area contributed by atoms with E-state index in [1.807, 2.05) is 78.9 Å². The highest BCUT2D eigenvalue weighted by Gasteiger charge is 2.27.